The fourth-order valence-corrected chi connectivity index (χ4v) is 1.59. The van der Waals surface area contributed by atoms with Crippen molar-refractivity contribution in [3.8, 4) is 0 Å². The van der Waals surface area contributed by atoms with Crippen LogP contribution in [-0.4, -0.2) is 29.7 Å². The molecule has 0 spiro atoms. The van der Waals surface area contributed by atoms with Gasteiger partial charge < -0.3 is 16.2 Å². The second-order valence-electron chi connectivity index (χ2n) is 4.55. The highest BCUT2D eigenvalue weighted by Crippen LogP contribution is 2.04. The Morgan fingerprint density at radius 2 is 2.06 bits per heavy atom. The Balaban J connectivity index is 2.14. The molecule has 1 aromatic carbocycles. The molecule has 2 atom stereocenters. The first-order valence-electron chi connectivity index (χ1n) is 6.34. The van der Waals surface area contributed by atoms with Crippen molar-refractivity contribution in [1.29, 1.82) is 0 Å². The van der Waals surface area contributed by atoms with Crippen LogP contribution in [0, 0.1) is 0 Å². The molecular weight excluding hydrogens is 228 g/mol. The molecule has 0 heterocycles. The summed E-state index contributed by atoms with van der Waals surface area (Å²) in [7, 11) is 0. The molecule has 0 saturated carbocycles. The number of aliphatic hydroxyl groups excluding tert-OH is 1. The van der Waals surface area contributed by atoms with Crippen molar-refractivity contribution in [1.82, 2.24) is 5.32 Å². The average molecular weight is 250 g/mol. The fraction of sp³-hybridized carbons (Fsp3) is 0.500. The van der Waals surface area contributed by atoms with Crippen molar-refractivity contribution in [3.05, 3.63) is 35.9 Å². The topological polar surface area (TPSA) is 75.3 Å². The highest BCUT2D eigenvalue weighted by Gasteiger charge is 2.10. The van der Waals surface area contributed by atoms with Gasteiger partial charge in [0.15, 0.2) is 0 Å². The van der Waals surface area contributed by atoms with Crippen LogP contribution in [0.5, 0.6) is 0 Å². The van der Waals surface area contributed by atoms with E-state index in [0.717, 1.165) is 12.8 Å². The number of nitrogens with two attached hydrogens (primary N) is 1. The maximum atomic E-state index is 11.5. The van der Waals surface area contributed by atoms with Crippen molar-refractivity contribution in [3.63, 3.8) is 0 Å². The second kappa shape index (κ2) is 7.84. The van der Waals surface area contributed by atoms with E-state index >= 15 is 0 Å². The number of amides is 1. The maximum Gasteiger partial charge on any atom is 0.220 e. The summed E-state index contributed by atoms with van der Waals surface area (Å²) in [6.07, 6.45) is 1.60. The molecule has 4 N–H and O–H groups in total. The van der Waals surface area contributed by atoms with Gasteiger partial charge in [-0.15, -0.1) is 0 Å². The molecule has 1 amide bonds. The van der Waals surface area contributed by atoms with Crippen LogP contribution in [0.4, 0.5) is 0 Å². The van der Waals surface area contributed by atoms with Crippen LogP contribution in [0.1, 0.15) is 25.3 Å². The predicted octanol–water partition coefficient (Wildman–Crippen LogP) is 0.834. The third-order valence-corrected chi connectivity index (χ3v) is 2.87. The van der Waals surface area contributed by atoms with E-state index in [4.69, 9.17) is 5.73 Å². The lowest BCUT2D eigenvalue weighted by Gasteiger charge is -2.15. The summed E-state index contributed by atoms with van der Waals surface area (Å²) in [6, 6.07) is 9.69. The third-order valence-electron chi connectivity index (χ3n) is 2.87. The van der Waals surface area contributed by atoms with Gasteiger partial charge in [-0.2, -0.15) is 0 Å². The van der Waals surface area contributed by atoms with Gasteiger partial charge in [0, 0.05) is 19.0 Å². The average Bonchev–Trinajstić information content (AvgIpc) is 2.37. The van der Waals surface area contributed by atoms with Crippen LogP contribution in [0.3, 0.4) is 0 Å². The zero-order valence-electron chi connectivity index (χ0n) is 10.8. The molecule has 0 aromatic heterocycles. The Hall–Kier alpha value is -1.39. The first-order valence-corrected chi connectivity index (χ1v) is 6.34. The number of carbonyl (C=O) groups excluding carboxylic acids is 1. The molecule has 4 heteroatoms. The van der Waals surface area contributed by atoms with Gasteiger partial charge in [-0.05, 0) is 25.3 Å². The molecule has 0 aliphatic heterocycles. The Kier molecular flexibility index (Phi) is 6.39. The molecule has 2 unspecified atom stereocenters. The van der Waals surface area contributed by atoms with Gasteiger partial charge in [-0.3, -0.25) is 4.79 Å². The highest BCUT2D eigenvalue weighted by molar-refractivity contribution is 5.75. The molecule has 18 heavy (non-hydrogen) atoms. The molecule has 0 radical (unpaired) electrons. The molecule has 0 fully saturated rings. The third kappa shape index (κ3) is 5.80. The first kappa shape index (κ1) is 14.7. The molecule has 0 aliphatic carbocycles. The van der Waals surface area contributed by atoms with E-state index in [1.165, 1.54) is 5.56 Å². The van der Waals surface area contributed by atoms with E-state index in [0.29, 0.717) is 13.0 Å². The van der Waals surface area contributed by atoms with E-state index in [2.05, 4.69) is 17.4 Å². The maximum absolute atomic E-state index is 11.5. The van der Waals surface area contributed by atoms with Crippen molar-refractivity contribution in [2.45, 2.75) is 38.3 Å². The lowest BCUT2D eigenvalue weighted by Crippen LogP contribution is -2.43. The lowest BCUT2D eigenvalue weighted by molar-refractivity contribution is -0.121. The summed E-state index contributed by atoms with van der Waals surface area (Å²) in [5, 5.41) is 11.9. The predicted molar refractivity (Wildman–Crippen MR) is 72.0 cm³/mol. The standard InChI is InChI=1S/C14H22N2O2/c1-11(17)13(15)10-16-14(18)9-5-8-12-6-3-2-4-7-12/h2-4,6-7,11,13,17H,5,8-10,15H2,1H3,(H,16,18). The molecule has 1 aromatic rings. The number of carbonyl (C=O) groups is 1. The van der Waals surface area contributed by atoms with Gasteiger partial charge in [0.2, 0.25) is 5.91 Å². The smallest absolute Gasteiger partial charge is 0.220 e. The lowest BCUT2D eigenvalue weighted by atomic mass is 10.1. The van der Waals surface area contributed by atoms with Gasteiger partial charge in [-0.1, -0.05) is 30.3 Å². The Morgan fingerprint density at radius 1 is 1.39 bits per heavy atom. The van der Waals surface area contributed by atoms with Gasteiger partial charge >= 0.3 is 0 Å². The normalized spacial score (nSPS) is 13.9. The number of hydrogen-bond acceptors (Lipinski definition) is 3. The monoisotopic (exact) mass is 250 g/mol. The summed E-state index contributed by atoms with van der Waals surface area (Å²) in [5.74, 6) is -0.0120. The summed E-state index contributed by atoms with van der Waals surface area (Å²) in [6.45, 7) is 1.94. The van der Waals surface area contributed by atoms with Gasteiger partial charge in [0.1, 0.15) is 0 Å². The second-order valence-corrected chi connectivity index (χ2v) is 4.55. The van der Waals surface area contributed by atoms with Crippen LogP contribution in [0.25, 0.3) is 0 Å². The Morgan fingerprint density at radius 3 is 2.67 bits per heavy atom. The Labute approximate surface area is 108 Å². The fourth-order valence-electron chi connectivity index (χ4n) is 1.59. The van der Waals surface area contributed by atoms with Crippen LogP contribution >= 0.6 is 0 Å². The number of aliphatic hydroxyl groups is 1. The molecule has 100 valence electrons. The molecular formula is C14H22N2O2. The van der Waals surface area contributed by atoms with E-state index < -0.39 is 12.1 Å². The number of rotatable bonds is 7. The molecule has 0 aliphatic rings. The van der Waals surface area contributed by atoms with E-state index in [9.17, 15) is 9.90 Å². The van der Waals surface area contributed by atoms with E-state index in [1.54, 1.807) is 6.92 Å². The van der Waals surface area contributed by atoms with E-state index in [-0.39, 0.29) is 5.91 Å². The zero-order chi connectivity index (χ0) is 13.4. The van der Waals surface area contributed by atoms with Crippen molar-refractivity contribution >= 4 is 5.91 Å². The first-order chi connectivity index (χ1) is 8.59. The minimum Gasteiger partial charge on any atom is -0.392 e. The van der Waals surface area contributed by atoms with Crippen LogP contribution < -0.4 is 11.1 Å². The van der Waals surface area contributed by atoms with E-state index in [1.807, 2.05) is 18.2 Å². The summed E-state index contributed by atoms with van der Waals surface area (Å²) in [4.78, 5) is 11.5. The number of hydrogen-bond donors (Lipinski definition) is 3. The molecule has 1 rings (SSSR count). The number of benzene rings is 1. The van der Waals surface area contributed by atoms with Gasteiger partial charge in [0.05, 0.1) is 6.10 Å². The number of nitrogens with one attached hydrogen (secondary N) is 1. The zero-order valence-corrected chi connectivity index (χ0v) is 10.8. The molecule has 4 nitrogen and oxygen atoms in total. The summed E-state index contributed by atoms with van der Waals surface area (Å²) < 4.78 is 0. The van der Waals surface area contributed by atoms with Crippen LogP contribution in [0.15, 0.2) is 30.3 Å². The highest BCUT2D eigenvalue weighted by atomic mass is 16.3. The molecule has 0 bridgehead atoms. The summed E-state index contributed by atoms with van der Waals surface area (Å²) in [5.41, 5.74) is 6.86. The molecule has 0 saturated heterocycles. The van der Waals surface area contributed by atoms with Crippen LogP contribution in [0.2, 0.25) is 0 Å². The SMILES string of the molecule is CC(O)C(N)CNC(=O)CCCc1ccccc1. The quantitative estimate of drug-likeness (QED) is 0.671. The van der Waals surface area contributed by atoms with Gasteiger partial charge in [0.25, 0.3) is 0 Å². The van der Waals surface area contributed by atoms with Crippen molar-refractivity contribution in [2.75, 3.05) is 6.54 Å². The Bertz CT molecular complexity index is 352. The number of aryl methyl sites for hydroxylation is 1. The van der Waals surface area contributed by atoms with Crippen molar-refractivity contribution in [2.24, 2.45) is 5.73 Å². The van der Waals surface area contributed by atoms with Gasteiger partial charge in [-0.25, -0.2) is 0 Å². The minimum atomic E-state index is -0.602. The summed E-state index contributed by atoms with van der Waals surface area (Å²) >= 11 is 0. The minimum absolute atomic E-state index is 0.0120. The van der Waals surface area contributed by atoms with Crippen LogP contribution in [-0.2, 0) is 11.2 Å². The van der Waals surface area contributed by atoms with Crippen molar-refractivity contribution < 1.29 is 9.90 Å². The largest absolute Gasteiger partial charge is 0.392 e.